The molecule has 1 aliphatic carbocycles. The molecule has 0 aliphatic heterocycles. The lowest BCUT2D eigenvalue weighted by molar-refractivity contribution is 0.0657. The van der Waals surface area contributed by atoms with Crippen molar-refractivity contribution in [2.45, 2.75) is 57.8 Å². The fraction of sp³-hybridized carbons (Fsp3) is 0.692. The van der Waals surface area contributed by atoms with Gasteiger partial charge in [0.05, 0.1) is 5.69 Å². The van der Waals surface area contributed by atoms with Crippen LogP contribution in [0.3, 0.4) is 0 Å². The summed E-state index contributed by atoms with van der Waals surface area (Å²) in [4.78, 5) is 15.6. The molecule has 0 bridgehead atoms. The lowest BCUT2D eigenvalue weighted by atomic mass is 9.86. The Morgan fingerprint density at radius 1 is 1.35 bits per heavy atom. The smallest absolute Gasteiger partial charge is 0.373 e. The van der Waals surface area contributed by atoms with Crippen molar-refractivity contribution in [3.05, 3.63) is 17.3 Å². The third kappa shape index (κ3) is 2.51. The van der Waals surface area contributed by atoms with Crippen LogP contribution < -0.4 is 0 Å². The van der Waals surface area contributed by atoms with Crippen molar-refractivity contribution in [2.75, 3.05) is 0 Å². The van der Waals surface area contributed by atoms with E-state index in [0.717, 1.165) is 25.7 Å². The van der Waals surface area contributed by atoms with Gasteiger partial charge in [0.15, 0.2) is 5.89 Å². The van der Waals surface area contributed by atoms with E-state index in [2.05, 4.69) is 4.98 Å². The number of hydrogen-bond donors (Lipinski definition) is 1. The highest BCUT2D eigenvalue weighted by Crippen LogP contribution is 2.35. The summed E-state index contributed by atoms with van der Waals surface area (Å²) in [6, 6.07) is 0. The van der Waals surface area contributed by atoms with E-state index in [4.69, 9.17) is 9.52 Å². The lowest BCUT2D eigenvalue weighted by Crippen LogP contribution is -2.09. The number of carbonyl (C=O) groups is 1. The predicted octanol–water partition coefficient (Wildman–Crippen LogP) is 3.54. The van der Waals surface area contributed by atoms with Crippen LogP contribution in [-0.2, 0) is 0 Å². The summed E-state index contributed by atoms with van der Waals surface area (Å²) in [6.45, 7) is 3.92. The second-order valence-corrected chi connectivity index (χ2v) is 5.06. The molecule has 1 aromatic rings. The molecular formula is C13H19NO3. The van der Waals surface area contributed by atoms with Gasteiger partial charge in [0.25, 0.3) is 0 Å². The van der Waals surface area contributed by atoms with Crippen LogP contribution in [0.5, 0.6) is 0 Å². The highest BCUT2D eigenvalue weighted by Gasteiger charge is 2.28. The number of aromatic nitrogens is 1. The van der Waals surface area contributed by atoms with Crippen LogP contribution in [0.4, 0.5) is 0 Å². The minimum absolute atomic E-state index is 0.0561. The summed E-state index contributed by atoms with van der Waals surface area (Å²) in [7, 11) is 0. The number of carboxylic acids is 1. The van der Waals surface area contributed by atoms with E-state index in [-0.39, 0.29) is 17.6 Å². The van der Waals surface area contributed by atoms with E-state index in [1.807, 2.05) is 13.8 Å². The van der Waals surface area contributed by atoms with Crippen molar-refractivity contribution in [1.82, 2.24) is 4.98 Å². The fourth-order valence-electron chi connectivity index (χ4n) is 2.40. The second-order valence-electron chi connectivity index (χ2n) is 5.06. The number of carboxylic acid groups (broad SMARTS) is 1. The number of nitrogens with zero attached hydrogens (tertiary/aromatic N) is 1. The zero-order chi connectivity index (χ0) is 12.4. The summed E-state index contributed by atoms with van der Waals surface area (Å²) < 4.78 is 5.38. The fourth-order valence-corrected chi connectivity index (χ4v) is 2.40. The monoisotopic (exact) mass is 237 g/mol. The lowest BCUT2D eigenvalue weighted by Gasteiger charge is -2.19. The van der Waals surface area contributed by atoms with Gasteiger partial charge in [-0.2, -0.15) is 0 Å². The van der Waals surface area contributed by atoms with Crippen molar-refractivity contribution in [3.63, 3.8) is 0 Å². The third-order valence-electron chi connectivity index (χ3n) is 3.35. The van der Waals surface area contributed by atoms with E-state index in [0.29, 0.717) is 11.6 Å². The molecule has 2 rings (SSSR count). The van der Waals surface area contributed by atoms with Crippen LogP contribution in [0, 0.1) is 0 Å². The minimum atomic E-state index is -0.995. The van der Waals surface area contributed by atoms with Gasteiger partial charge < -0.3 is 9.52 Å². The molecule has 1 fully saturated rings. The van der Waals surface area contributed by atoms with Crippen molar-refractivity contribution in [1.29, 1.82) is 0 Å². The Bertz CT molecular complexity index is 403. The maximum Gasteiger partial charge on any atom is 0.373 e. The molecule has 4 nitrogen and oxygen atoms in total. The Morgan fingerprint density at radius 3 is 2.53 bits per heavy atom. The number of rotatable bonds is 3. The van der Waals surface area contributed by atoms with Gasteiger partial charge in [-0.15, -0.1) is 0 Å². The Hall–Kier alpha value is -1.32. The molecule has 0 spiro atoms. The molecule has 94 valence electrons. The van der Waals surface area contributed by atoms with Gasteiger partial charge >= 0.3 is 5.97 Å². The second kappa shape index (κ2) is 4.90. The average Bonchev–Trinajstić information content (AvgIpc) is 2.75. The van der Waals surface area contributed by atoms with Crippen molar-refractivity contribution in [3.8, 4) is 0 Å². The Morgan fingerprint density at radius 2 is 2.00 bits per heavy atom. The van der Waals surface area contributed by atoms with Gasteiger partial charge in [0, 0.05) is 11.8 Å². The molecule has 0 unspecified atom stereocenters. The highest BCUT2D eigenvalue weighted by atomic mass is 16.4. The molecule has 1 saturated carbocycles. The standard InChI is InChI=1S/C13H19NO3/c1-8(2)12-14-10(11(17-12)13(15)16)9-6-4-3-5-7-9/h8-9H,3-7H2,1-2H3,(H,15,16). The first-order valence-electron chi connectivity index (χ1n) is 6.33. The molecule has 0 atom stereocenters. The van der Waals surface area contributed by atoms with E-state index >= 15 is 0 Å². The largest absolute Gasteiger partial charge is 0.475 e. The Kier molecular flexibility index (Phi) is 3.50. The van der Waals surface area contributed by atoms with E-state index < -0.39 is 5.97 Å². The summed E-state index contributed by atoms with van der Waals surface area (Å²) in [6.07, 6.45) is 5.63. The average molecular weight is 237 g/mol. The van der Waals surface area contributed by atoms with E-state index in [9.17, 15) is 4.79 Å². The van der Waals surface area contributed by atoms with Gasteiger partial charge in [-0.25, -0.2) is 9.78 Å². The van der Waals surface area contributed by atoms with Gasteiger partial charge in [0.1, 0.15) is 0 Å². The van der Waals surface area contributed by atoms with Gasteiger partial charge in [-0.05, 0) is 12.8 Å². The SMILES string of the molecule is CC(C)c1nc(C2CCCCC2)c(C(=O)O)o1. The highest BCUT2D eigenvalue weighted by molar-refractivity contribution is 5.85. The first kappa shape index (κ1) is 12.1. The van der Waals surface area contributed by atoms with Crippen LogP contribution in [0.1, 0.15) is 79.9 Å². The summed E-state index contributed by atoms with van der Waals surface area (Å²) >= 11 is 0. The molecule has 1 N–H and O–H groups in total. The molecular weight excluding hydrogens is 218 g/mol. The van der Waals surface area contributed by atoms with Crippen LogP contribution in [0.2, 0.25) is 0 Å². The summed E-state index contributed by atoms with van der Waals surface area (Å²) in [5.41, 5.74) is 0.668. The van der Waals surface area contributed by atoms with Crippen molar-refractivity contribution in [2.24, 2.45) is 0 Å². The van der Waals surface area contributed by atoms with Gasteiger partial charge in [-0.3, -0.25) is 0 Å². The van der Waals surface area contributed by atoms with Crippen LogP contribution in [0.15, 0.2) is 4.42 Å². The molecule has 0 saturated heterocycles. The molecule has 0 amide bonds. The van der Waals surface area contributed by atoms with Crippen LogP contribution in [0.25, 0.3) is 0 Å². The zero-order valence-corrected chi connectivity index (χ0v) is 10.4. The first-order chi connectivity index (χ1) is 8.09. The molecule has 1 aromatic heterocycles. The summed E-state index contributed by atoms with van der Waals surface area (Å²) in [5, 5.41) is 9.16. The Labute approximate surface area is 101 Å². The van der Waals surface area contributed by atoms with E-state index in [1.165, 1.54) is 6.42 Å². The molecule has 1 aliphatic rings. The van der Waals surface area contributed by atoms with Crippen LogP contribution in [-0.4, -0.2) is 16.1 Å². The zero-order valence-electron chi connectivity index (χ0n) is 10.4. The number of hydrogen-bond acceptors (Lipinski definition) is 3. The number of oxazole rings is 1. The van der Waals surface area contributed by atoms with Crippen molar-refractivity contribution >= 4 is 5.97 Å². The minimum Gasteiger partial charge on any atom is -0.475 e. The van der Waals surface area contributed by atoms with Crippen molar-refractivity contribution < 1.29 is 14.3 Å². The third-order valence-corrected chi connectivity index (χ3v) is 3.35. The molecule has 0 radical (unpaired) electrons. The van der Waals surface area contributed by atoms with E-state index in [1.54, 1.807) is 0 Å². The molecule has 0 aromatic carbocycles. The Balaban J connectivity index is 2.32. The normalized spacial score (nSPS) is 17.6. The van der Waals surface area contributed by atoms with Gasteiger partial charge in [-0.1, -0.05) is 33.1 Å². The first-order valence-corrected chi connectivity index (χ1v) is 6.33. The quantitative estimate of drug-likeness (QED) is 0.873. The topological polar surface area (TPSA) is 63.3 Å². The molecule has 17 heavy (non-hydrogen) atoms. The summed E-state index contributed by atoms with van der Waals surface area (Å²) in [5.74, 6) is 0.00471. The molecule has 1 heterocycles. The predicted molar refractivity (Wildman–Crippen MR) is 63.4 cm³/mol. The number of aromatic carboxylic acids is 1. The maximum absolute atomic E-state index is 11.2. The van der Waals surface area contributed by atoms with Crippen LogP contribution >= 0.6 is 0 Å². The maximum atomic E-state index is 11.2. The molecule has 4 heteroatoms. The van der Waals surface area contributed by atoms with Gasteiger partial charge in [0.2, 0.25) is 5.76 Å².